The molecule has 0 aromatic heterocycles. The van der Waals surface area contributed by atoms with E-state index in [-0.39, 0.29) is 31.3 Å². The number of phosphoric acid groups is 1. The zero-order chi connectivity index (χ0) is 59.3. The summed E-state index contributed by atoms with van der Waals surface area (Å²) in [5.41, 5.74) is 0. The van der Waals surface area contributed by atoms with E-state index < -0.39 is 26.6 Å². The Morgan fingerprint density at radius 3 is 1.17 bits per heavy atom. The van der Waals surface area contributed by atoms with Gasteiger partial charge in [0.1, 0.15) is 19.3 Å². The molecule has 3 atom stereocenters. The monoisotopic (exact) mass is 1160 g/mol. The Hall–Kier alpha value is -2.29. The fraction of sp³-hybridized carbons (Fsp3) is 0.831. The molecule has 0 radical (unpaired) electrons. The fourth-order valence-electron chi connectivity index (χ4n) is 10.1. The van der Waals surface area contributed by atoms with Crippen LogP contribution in [0.3, 0.4) is 0 Å². The average molecular weight is 1160 g/mol. The number of esters is 1. The standard InChI is InChI=1S/C71H133N2O7P/c1-7-10-13-16-19-22-25-27-29-31-32-33-34-35-36-37-38-39-40-42-44-46-49-52-55-58-61-64-71(75)80-69(62-59-56-53-50-47-24-21-18-15-12-9-3)68(67-79-81(76,77)78-66-65-73(4,5)6)72-70(74)63-60-57-54-51-48-45-43-41-30-28-26-23-20-17-14-11-8-2/h20,23,28,30,43,45,51,54,59,62,68-69H,7-19,21-22,24-27,29,31-42,44,46-50,52-53,55-58,60-61,63-67H2,1-6H3,(H-,72,74,76,77)/b23-20-,30-28-,45-43-,54-51-,62-59-. The number of amides is 1. The van der Waals surface area contributed by atoms with E-state index >= 15 is 0 Å². The van der Waals surface area contributed by atoms with E-state index in [2.05, 4.69) is 74.7 Å². The van der Waals surface area contributed by atoms with Gasteiger partial charge in [-0.3, -0.25) is 14.2 Å². The van der Waals surface area contributed by atoms with Crippen LogP contribution < -0.4 is 10.2 Å². The Morgan fingerprint density at radius 1 is 0.432 bits per heavy atom. The number of carbonyl (C=O) groups is 2. The van der Waals surface area contributed by atoms with Gasteiger partial charge in [0.05, 0.1) is 33.8 Å². The lowest BCUT2D eigenvalue weighted by atomic mass is 10.0. The number of hydrogen-bond acceptors (Lipinski definition) is 7. The molecule has 1 N–H and O–H groups in total. The molecule has 0 aliphatic carbocycles. The van der Waals surface area contributed by atoms with Crippen molar-refractivity contribution < 1.29 is 37.3 Å². The van der Waals surface area contributed by atoms with Crippen molar-refractivity contribution in [2.75, 3.05) is 40.9 Å². The summed E-state index contributed by atoms with van der Waals surface area (Å²) in [6, 6.07) is -0.916. The molecule has 0 saturated heterocycles. The molecule has 0 fully saturated rings. The highest BCUT2D eigenvalue weighted by Gasteiger charge is 2.27. The number of nitrogens with zero attached hydrogens (tertiary/aromatic N) is 1. The smallest absolute Gasteiger partial charge is 0.306 e. The van der Waals surface area contributed by atoms with E-state index in [9.17, 15) is 19.0 Å². The van der Waals surface area contributed by atoms with Crippen LogP contribution in [0.2, 0.25) is 0 Å². The molecule has 3 unspecified atom stereocenters. The number of carbonyl (C=O) groups excluding carboxylic acids is 2. The topological polar surface area (TPSA) is 114 Å². The summed E-state index contributed by atoms with van der Waals surface area (Å²) < 4.78 is 30.3. The van der Waals surface area contributed by atoms with Crippen LogP contribution in [0, 0.1) is 0 Å². The van der Waals surface area contributed by atoms with Crippen molar-refractivity contribution in [3.8, 4) is 0 Å². The minimum absolute atomic E-state index is 0.0322. The molecular formula is C71H133N2O7P. The second kappa shape index (κ2) is 60.8. The highest BCUT2D eigenvalue weighted by atomic mass is 31.2. The van der Waals surface area contributed by atoms with Gasteiger partial charge in [0.15, 0.2) is 0 Å². The van der Waals surface area contributed by atoms with Crippen molar-refractivity contribution in [1.82, 2.24) is 5.32 Å². The van der Waals surface area contributed by atoms with Gasteiger partial charge in [0.25, 0.3) is 7.82 Å². The molecule has 0 aromatic carbocycles. The van der Waals surface area contributed by atoms with Gasteiger partial charge in [0.2, 0.25) is 5.91 Å². The Labute approximate surface area is 502 Å². The zero-order valence-corrected chi connectivity index (χ0v) is 55.1. The van der Waals surface area contributed by atoms with Crippen LogP contribution in [0.4, 0.5) is 0 Å². The van der Waals surface area contributed by atoms with E-state index in [4.69, 9.17) is 13.8 Å². The van der Waals surface area contributed by atoms with Crippen molar-refractivity contribution in [2.24, 2.45) is 0 Å². The zero-order valence-electron chi connectivity index (χ0n) is 54.2. The van der Waals surface area contributed by atoms with Gasteiger partial charge in [-0.05, 0) is 70.3 Å². The molecule has 0 rings (SSSR count). The van der Waals surface area contributed by atoms with E-state index in [1.165, 1.54) is 225 Å². The molecule has 9 nitrogen and oxygen atoms in total. The third-order valence-electron chi connectivity index (χ3n) is 15.5. The Balaban J connectivity index is 5.02. The van der Waals surface area contributed by atoms with Crippen molar-refractivity contribution in [3.05, 3.63) is 60.8 Å². The molecule has 81 heavy (non-hydrogen) atoms. The van der Waals surface area contributed by atoms with E-state index in [0.29, 0.717) is 17.4 Å². The second-order valence-electron chi connectivity index (χ2n) is 24.7. The normalized spacial score (nSPS) is 13.9. The van der Waals surface area contributed by atoms with Crippen LogP contribution in [0.1, 0.15) is 329 Å². The molecule has 0 heterocycles. The summed E-state index contributed by atoms with van der Waals surface area (Å²) in [6.45, 7) is 6.80. The first-order valence-electron chi connectivity index (χ1n) is 34.6. The molecule has 0 saturated carbocycles. The maximum atomic E-state index is 13.5. The van der Waals surface area contributed by atoms with Gasteiger partial charge in [-0.2, -0.15) is 0 Å². The summed E-state index contributed by atoms with van der Waals surface area (Å²) in [4.78, 5) is 40.0. The lowest BCUT2D eigenvalue weighted by Gasteiger charge is -2.30. The number of phosphoric ester groups is 1. The quantitative estimate of drug-likeness (QED) is 0.0212. The van der Waals surface area contributed by atoms with Crippen molar-refractivity contribution >= 4 is 19.7 Å². The van der Waals surface area contributed by atoms with Crippen molar-refractivity contribution in [2.45, 2.75) is 341 Å². The van der Waals surface area contributed by atoms with Gasteiger partial charge in [0, 0.05) is 12.8 Å². The van der Waals surface area contributed by atoms with Crippen LogP contribution >= 0.6 is 7.82 Å². The lowest BCUT2D eigenvalue weighted by Crippen LogP contribution is -2.47. The average Bonchev–Trinajstić information content (AvgIpc) is 3.44. The van der Waals surface area contributed by atoms with E-state index in [0.717, 1.165) is 64.2 Å². The summed E-state index contributed by atoms with van der Waals surface area (Å²) >= 11 is 0. The molecule has 0 aliphatic heterocycles. The first-order valence-corrected chi connectivity index (χ1v) is 36.1. The number of unbranched alkanes of at least 4 members (excludes halogenated alkanes) is 39. The summed E-state index contributed by atoms with van der Waals surface area (Å²) in [5, 5.41) is 3.00. The predicted molar refractivity (Wildman–Crippen MR) is 349 cm³/mol. The number of rotatable bonds is 63. The number of quaternary nitrogens is 1. The number of nitrogens with one attached hydrogen (secondary N) is 1. The molecule has 0 aliphatic rings. The molecule has 10 heteroatoms. The first-order chi connectivity index (χ1) is 39.4. The van der Waals surface area contributed by atoms with Crippen LogP contribution in [-0.2, 0) is 27.9 Å². The Morgan fingerprint density at radius 2 is 0.765 bits per heavy atom. The molecule has 0 bridgehead atoms. The summed E-state index contributed by atoms with van der Waals surface area (Å²) in [7, 11) is 1.16. The molecule has 0 spiro atoms. The lowest BCUT2D eigenvalue weighted by molar-refractivity contribution is -0.870. The van der Waals surface area contributed by atoms with Gasteiger partial charge >= 0.3 is 5.97 Å². The minimum atomic E-state index is -4.71. The molecule has 474 valence electrons. The predicted octanol–water partition coefficient (Wildman–Crippen LogP) is 21.2. The maximum absolute atomic E-state index is 13.5. The highest BCUT2D eigenvalue weighted by molar-refractivity contribution is 7.45. The Bertz CT molecular complexity index is 1570. The second-order valence-corrected chi connectivity index (χ2v) is 26.1. The SMILES string of the molecule is CCCCC/C=C\C/C=C\C/C=C\C/C=C\CCCC(=O)NC(COP(=O)([O-])OCC[N+](C)(C)C)C(/C=C\CCCCCCCCCCC)OC(=O)CCCCCCCCCCCCCCCCCCCCCCCCCCCCC. The minimum Gasteiger partial charge on any atom is -0.756 e. The molecular weight excluding hydrogens is 1020 g/mol. The van der Waals surface area contributed by atoms with Crippen molar-refractivity contribution in [1.29, 1.82) is 0 Å². The van der Waals surface area contributed by atoms with Crippen LogP contribution in [0.5, 0.6) is 0 Å². The third kappa shape index (κ3) is 62.1. The van der Waals surface area contributed by atoms with Crippen molar-refractivity contribution in [3.63, 3.8) is 0 Å². The van der Waals surface area contributed by atoms with Gasteiger partial charge in [-0.15, -0.1) is 0 Å². The van der Waals surface area contributed by atoms with E-state index in [1.54, 1.807) is 0 Å². The first kappa shape index (κ1) is 78.7. The summed E-state index contributed by atoms with van der Waals surface area (Å²) in [5.74, 6) is -0.596. The van der Waals surface area contributed by atoms with E-state index in [1.807, 2.05) is 33.3 Å². The molecule has 1 amide bonds. The third-order valence-corrected chi connectivity index (χ3v) is 16.4. The fourth-order valence-corrected chi connectivity index (χ4v) is 10.8. The van der Waals surface area contributed by atoms with Crippen LogP contribution in [0.15, 0.2) is 60.8 Å². The van der Waals surface area contributed by atoms with Gasteiger partial charge in [-0.25, -0.2) is 0 Å². The number of hydrogen-bond donors (Lipinski definition) is 1. The summed E-state index contributed by atoms with van der Waals surface area (Å²) in [6.07, 6.45) is 78.0. The van der Waals surface area contributed by atoms with Crippen LogP contribution in [-0.4, -0.2) is 69.4 Å². The number of likely N-dealkylation sites (N-methyl/N-ethyl adjacent to an activating group) is 1. The maximum Gasteiger partial charge on any atom is 0.306 e. The highest BCUT2D eigenvalue weighted by Crippen LogP contribution is 2.38. The number of allylic oxidation sites excluding steroid dienone is 9. The largest absolute Gasteiger partial charge is 0.756 e. The van der Waals surface area contributed by atoms with Gasteiger partial charge in [-0.1, -0.05) is 307 Å². The van der Waals surface area contributed by atoms with Gasteiger partial charge < -0.3 is 28.5 Å². The Kier molecular flexibility index (Phi) is 59.1. The number of ether oxygens (including phenoxy) is 1. The molecule has 0 aromatic rings. The van der Waals surface area contributed by atoms with Crippen LogP contribution in [0.25, 0.3) is 0 Å².